The number of nitrogens with two attached hydrogens (primary N) is 1. The second-order valence-corrected chi connectivity index (χ2v) is 6.38. The van der Waals surface area contributed by atoms with Crippen molar-refractivity contribution in [2.75, 3.05) is 20.8 Å². The van der Waals surface area contributed by atoms with Gasteiger partial charge >= 0.3 is 0 Å². The molecule has 0 aliphatic carbocycles. The molecule has 0 spiro atoms. The first-order chi connectivity index (χ1) is 13.6. The molecule has 30 heavy (non-hydrogen) atoms. The molecule has 8 nitrogen and oxygen atoms in total. The van der Waals surface area contributed by atoms with Crippen LogP contribution in [0.25, 0.3) is 0 Å². The molecular weight excluding hydrogens is 433 g/mol. The lowest BCUT2D eigenvalue weighted by atomic mass is 10.2. The van der Waals surface area contributed by atoms with Crippen molar-refractivity contribution in [3.63, 3.8) is 0 Å². The van der Waals surface area contributed by atoms with Gasteiger partial charge in [-0.1, -0.05) is 12.1 Å². The van der Waals surface area contributed by atoms with E-state index in [1.54, 1.807) is 38.6 Å². The van der Waals surface area contributed by atoms with E-state index in [0.717, 1.165) is 12.0 Å². The van der Waals surface area contributed by atoms with Crippen molar-refractivity contribution in [1.29, 1.82) is 0 Å². The van der Waals surface area contributed by atoms with Crippen LogP contribution in [0.2, 0.25) is 0 Å². The fraction of sp³-hybridized carbons (Fsp3) is 0.400. The zero-order valence-corrected chi connectivity index (χ0v) is 18.5. The van der Waals surface area contributed by atoms with Gasteiger partial charge in [-0.2, -0.15) is 0 Å². The van der Waals surface area contributed by atoms with Crippen LogP contribution >= 0.6 is 24.8 Å². The summed E-state index contributed by atoms with van der Waals surface area (Å²) in [6.45, 7) is 0.795. The lowest BCUT2D eigenvalue weighted by molar-refractivity contribution is -0.132. The van der Waals surface area contributed by atoms with E-state index in [1.165, 1.54) is 0 Å². The highest BCUT2D eigenvalue weighted by Gasteiger charge is 2.29. The molecule has 2 heterocycles. The molecule has 1 aromatic carbocycles. The van der Waals surface area contributed by atoms with Crippen LogP contribution in [0.4, 0.5) is 0 Å². The van der Waals surface area contributed by atoms with Crippen molar-refractivity contribution in [2.24, 2.45) is 5.73 Å². The van der Waals surface area contributed by atoms with Crippen LogP contribution in [-0.2, 0) is 16.1 Å². The number of halogens is 2. The van der Waals surface area contributed by atoms with E-state index in [2.05, 4.69) is 10.3 Å². The van der Waals surface area contributed by atoms with E-state index in [4.69, 9.17) is 24.7 Å². The number of benzene rings is 1. The van der Waals surface area contributed by atoms with Crippen LogP contribution in [0.5, 0.6) is 23.1 Å². The fourth-order valence-corrected chi connectivity index (χ4v) is 2.97. The maximum atomic E-state index is 12.2. The minimum Gasteiger partial charge on any atom is -0.493 e. The number of pyridine rings is 1. The average molecular weight is 460 g/mol. The molecule has 10 heteroatoms. The molecule has 0 bridgehead atoms. The molecule has 2 atom stereocenters. The Morgan fingerprint density at radius 2 is 1.87 bits per heavy atom. The number of carbonyl (C=O) groups excluding carboxylic acids is 1. The first-order valence-electron chi connectivity index (χ1n) is 9.11. The van der Waals surface area contributed by atoms with Gasteiger partial charge in [0.2, 0.25) is 17.5 Å². The summed E-state index contributed by atoms with van der Waals surface area (Å²) < 4.78 is 22.0. The monoisotopic (exact) mass is 459 g/mol. The van der Waals surface area contributed by atoms with Crippen molar-refractivity contribution in [2.45, 2.75) is 31.6 Å². The summed E-state index contributed by atoms with van der Waals surface area (Å²) in [5, 5.41) is 2.87. The Balaban J connectivity index is 0.00000225. The molecule has 1 aliphatic heterocycles. The summed E-state index contributed by atoms with van der Waals surface area (Å²) in [5.74, 6) is 1.81. The molecule has 2 aromatic rings. The van der Waals surface area contributed by atoms with E-state index in [9.17, 15) is 4.79 Å². The van der Waals surface area contributed by atoms with Gasteiger partial charge in [0.25, 0.3) is 0 Å². The number of rotatable bonds is 8. The molecule has 1 aliphatic rings. The normalized spacial score (nSPS) is 17.3. The molecular formula is C20H27Cl2N3O5. The molecule has 0 radical (unpaired) electrons. The standard InChI is InChI=1S/C20H25N3O5.2ClH/c1-25-15-4-3-5-16(26-2)19(15)28-18-9-6-13(11-22-18)12-23-20(24)17-8-7-14(10-21)27-17;;/h3-6,9,11,14,17H,7-8,10,12,21H2,1-2H3,(H,23,24);2*1H/t14-,17+;;/m1../s1. The Morgan fingerprint density at radius 3 is 2.40 bits per heavy atom. The quantitative estimate of drug-likeness (QED) is 0.624. The van der Waals surface area contributed by atoms with Gasteiger partial charge in [-0.15, -0.1) is 24.8 Å². The summed E-state index contributed by atoms with van der Waals surface area (Å²) in [6.07, 6.45) is 2.70. The minimum absolute atomic E-state index is 0. The van der Waals surface area contributed by atoms with Gasteiger partial charge in [0.05, 0.1) is 20.3 Å². The van der Waals surface area contributed by atoms with Crippen LogP contribution in [0.1, 0.15) is 18.4 Å². The Morgan fingerprint density at radius 1 is 1.17 bits per heavy atom. The molecule has 1 aromatic heterocycles. The number of nitrogens with one attached hydrogen (secondary N) is 1. The van der Waals surface area contributed by atoms with E-state index >= 15 is 0 Å². The summed E-state index contributed by atoms with van der Waals surface area (Å²) in [5.41, 5.74) is 6.42. The van der Waals surface area contributed by atoms with Crippen LogP contribution < -0.4 is 25.3 Å². The van der Waals surface area contributed by atoms with Gasteiger partial charge in [-0.25, -0.2) is 4.98 Å². The van der Waals surface area contributed by atoms with E-state index in [-0.39, 0.29) is 36.8 Å². The number of carbonyl (C=O) groups is 1. The molecule has 1 saturated heterocycles. The van der Waals surface area contributed by atoms with Gasteiger partial charge < -0.3 is 30.0 Å². The van der Waals surface area contributed by atoms with E-state index in [0.29, 0.717) is 42.6 Å². The van der Waals surface area contributed by atoms with Crippen molar-refractivity contribution in [1.82, 2.24) is 10.3 Å². The summed E-state index contributed by atoms with van der Waals surface area (Å²) in [4.78, 5) is 16.5. The Hall–Kier alpha value is -2.26. The largest absolute Gasteiger partial charge is 0.493 e. The van der Waals surface area contributed by atoms with Gasteiger partial charge in [0.1, 0.15) is 6.10 Å². The molecule has 1 fully saturated rings. The number of para-hydroxylation sites is 1. The van der Waals surface area contributed by atoms with Gasteiger partial charge in [-0.3, -0.25) is 4.79 Å². The zero-order chi connectivity index (χ0) is 19.9. The van der Waals surface area contributed by atoms with Crippen LogP contribution in [0, 0.1) is 0 Å². The predicted octanol–water partition coefficient (Wildman–Crippen LogP) is 2.86. The molecule has 0 saturated carbocycles. The Labute approximate surface area is 188 Å². The number of nitrogens with zero attached hydrogens (tertiary/aromatic N) is 1. The predicted molar refractivity (Wildman–Crippen MR) is 117 cm³/mol. The maximum Gasteiger partial charge on any atom is 0.249 e. The maximum absolute atomic E-state index is 12.2. The first kappa shape index (κ1) is 25.8. The van der Waals surface area contributed by atoms with E-state index in [1.807, 2.05) is 12.1 Å². The Kier molecular flexibility index (Phi) is 10.7. The number of ether oxygens (including phenoxy) is 4. The average Bonchev–Trinajstić information content (AvgIpc) is 3.22. The molecule has 166 valence electrons. The zero-order valence-electron chi connectivity index (χ0n) is 16.8. The lowest BCUT2D eigenvalue weighted by Gasteiger charge is -2.14. The second kappa shape index (κ2) is 12.4. The third-order valence-corrected chi connectivity index (χ3v) is 4.52. The van der Waals surface area contributed by atoms with E-state index < -0.39 is 6.10 Å². The third-order valence-electron chi connectivity index (χ3n) is 4.52. The number of methoxy groups -OCH3 is 2. The highest BCUT2D eigenvalue weighted by Crippen LogP contribution is 2.39. The lowest BCUT2D eigenvalue weighted by Crippen LogP contribution is -2.35. The number of hydrogen-bond acceptors (Lipinski definition) is 7. The topological polar surface area (TPSA) is 105 Å². The summed E-state index contributed by atoms with van der Waals surface area (Å²) in [6, 6.07) is 8.93. The smallest absolute Gasteiger partial charge is 0.249 e. The SMILES string of the molecule is COc1cccc(OC)c1Oc1ccc(CNC(=O)[C@@H]2CC[C@H](CN)O2)cn1.Cl.Cl. The minimum atomic E-state index is -0.429. The van der Waals surface area contributed by atoms with Crippen molar-refractivity contribution in [3.05, 3.63) is 42.1 Å². The summed E-state index contributed by atoms with van der Waals surface area (Å²) >= 11 is 0. The van der Waals surface area contributed by atoms with Crippen LogP contribution in [0.3, 0.4) is 0 Å². The fourth-order valence-electron chi connectivity index (χ4n) is 2.97. The van der Waals surface area contributed by atoms with Crippen molar-refractivity contribution < 1.29 is 23.7 Å². The number of hydrogen-bond donors (Lipinski definition) is 2. The Bertz CT molecular complexity index is 785. The molecule has 0 unspecified atom stereocenters. The molecule has 3 rings (SSSR count). The van der Waals surface area contributed by atoms with Crippen molar-refractivity contribution in [3.8, 4) is 23.1 Å². The number of amides is 1. The molecule has 1 amide bonds. The van der Waals surface area contributed by atoms with Crippen LogP contribution in [0.15, 0.2) is 36.5 Å². The highest BCUT2D eigenvalue weighted by molar-refractivity contribution is 5.85. The van der Waals surface area contributed by atoms with Crippen LogP contribution in [-0.4, -0.2) is 43.9 Å². The van der Waals surface area contributed by atoms with Gasteiger partial charge in [-0.05, 0) is 30.5 Å². The third kappa shape index (κ3) is 6.37. The van der Waals surface area contributed by atoms with Gasteiger partial charge in [0.15, 0.2) is 11.5 Å². The second-order valence-electron chi connectivity index (χ2n) is 6.38. The summed E-state index contributed by atoms with van der Waals surface area (Å²) in [7, 11) is 3.12. The van der Waals surface area contributed by atoms with Gasteiger partial charge in [0, 0.05) is 25.4 Å². The first-order valence-corrected chi connectivity index (χ1v) is 9.11. The highest BCUT2D eigenvalue weighted by atomic mass is 35.5. The van der Waals surface area contributed by atoms with Crippen molar-refractivity contribution >= 4 is 30.7 Å². The molecule has 3 N–H and O–H groups in total. The number of aromatic nitrogens is 1.